The number of hydrogen-bond acceptors (Lipinski definition) is 3. The van der Waals surface area contributed by atoms with Crippen molar-refractivity contribution in [2.75, 3.05) is 19.7 Å². The number of aliphatic hydroxyl groups excluding tert-OH is 1. The topological polar surface area (TPSA) is 60.8 Å². The molecule has 0 aliphatic rings. The van der Waals surface area contributed by atoms with E-state index in [2.05, 4.69) is 6.92 Å². The van der Waals surface area contributed by atoms with Crippen molar-refractivity contribution in [2.45, 2.75) is 32.7 Å². The molecule has 0 aromatic carbocycles. The Bertz CT molecular complexity index is 150. The van der Waals surface area contributed by atoms with E-state index in [1.807, 2.05) is 11.8 Å². The van der Waals surface area contributed by atoms with E-state index in [4.69, 9.17) is 10.2 Å². The van der Waals surface area contributed by atoms with E-state index < -0.39 is 5.97 Å². The van der Waals surface area contributed by atoms with Crippen LogP contribution in [0.5, 0.6) is 0 Å². The zero-order chi connectivity index (χ0) is 10.3. The van der Waals surface area contributed by atoms with Crippen LogP contribution in [0.4, 0.5) is 0 Å². The summed E-state index contributed by atoms with van der Waals surface area (Å²) in [5.41, 5.74) is 0. The normalized spacial score (nSPS) is 13.2. The van der Waals surface area contributed by atoms with Crippen LogP contribution in [0.1, 0.15) is 26.7 Å². The van der Waals surface area contributed by atoms with Gasteiger partial charge in [-0.1, -0.05) is 6.92 Å². The lowest BCUT2D eigenvalue weighted by atomic mass is 10.2. The Morgan fingerprint density at radius 2 is 2.08 bits per heavy atom. The molecule has 0 bridgehead atoms. The monoisotopic (exact) mass is 189 g/mol. The first-order valence-corrected chi connectivity index (χ1v) is 4.68. The highest BCUT2D eigenvalue weighted by Gasteiger charge is 2.12. The van der Waals surface area contributed by atoms with Gasteiger partial charge in [-0.05, 0) is 13.3 Å². The molecule has 0 aliphatic carbocycles. The third-order valence-electron chi connectivity index (χ3n) is 2.21. The summed E-state index contributed by atoms with van der Waals surface area (Å²) >= 11 is 0. The molecule has 0 rings (SSSR count). The molecule has 13 heavy (non-hydrogen) atoms. The Morgan fingerprint density at radius 1 is 1.46 bits per heavy atom. The molecular formula is C9H19NO3. The zero-order valence-electron chi connectivity index (χ0n) is 8.36. The number of aliphatic carboxylic acids is 1. The lowest BCUT2D eigenvalue weighted by Crippen LogP contribution is -2.36. The number of nitrogens with zero attached hydrogens (tertiary/aromatic N) is 1. The fraction of sp³-hybridized carbons (Fsp3) is 0.889. The Labute approximate surface area is 79.2 Å². The van der Waals surface area contributed by atoms with Crippen LogP contribution in [0.15, 0.2) is 0 Å². The van der Waals surface area contributed by atoms with E-state index in [-0.39, 0.29) is 13.0 Å². The van der Waals surface area contributed by atoms with Gasteiger partial charge >= 0.3 is 5.97 Å². The molecule has 4 nitrogen and oxygen atoms in total. The molecule has 0 aromatic heterocycles. The second-order valence-electron chi connectivity index (χ2n) is 3.16. The maximum atomic E-state index is 10.3. The second kappa shape index (κ2) is 6.86. The first-order valence-electron chi connectivity index (χ1n) is 4.68. The quantitative estimate of drug-likeness (QED) is 0.614. The number of rotatable bonds is 7. The van der Waals surface area contributed by atoms with Gasteiger partial charge in [0.1, 0.15) is 0 Å². The summed E-state index contributed by atoms with van der Waals surface area (Å²) in [7, 11) is 0. The fourth-order valence-corrected chi connectivity index (χ4v) is 1.18. The summed E-state index contributed by atoms with van der Waals surface area (Å²) in [4.78, 5) is 12.3. The molecule has 0 aliphatic heterocycles. The van der Waals surface area contributed by atoms with E-state index in [0.717, 1.165) is 6.42 Å². The van der Waals surface area contributed by atoms with Gasteiger partial charge in [0.25, 0.3) is 0 Å². The molecule has 2 N–H and O–H groups in total. The van der Waals surface area contributed by atoms with Crippen molar-refractivity contribution in [2.24, 2.45) is 0 Å². The van der Waals surface area contributed by atoms with Crippen LogP contribution in [-0.2, 0) is 4.79 Å². The van der Waals surface area contributed by atoms with Gasteiger partial charge in [0, 0.05) is 19.1 Å². The van der Waals surface area contributed by atoms with Crippen molar-refractivity contribution in [3.63, 3.8) is 0 Å². The van der Waals surface area contributed by atoms with E-state index in [9.17, 15) is 4.79 Å². The third-order valence-corrected chi connectivity index (χ3v) is 2.21. The lowest BCUT2D eigenvalue weighted by Gasteiger charge is -2.26. The molecule has 0 heterocycles. The average Bonchev–Trinajstić information content (AvgIpc) is 2.10. The maximum Gasteiger partial charge on any atom is 0.304 e. The Morgan fingerprint density at radius 3 is 2.46 bits per heavy atom. The molecule has 1 unspecified atom stereocenters. The smallest absolute Gasteiger partial charge is 0.304 e. The number of aliphatic hydroxyl groups is 1. The lowest BCUT2D eigenvalue weighted by molar-refractivity contribution is -0.137. The van der Waals surface area contributed by atoms with Gasteiger partial charge < -0.3 is 10.2 Å². The predicted molar refractivity (Wildman–Crippen MR) is 50.7 cm³/mol. The molecule has 0 aromatic rings. The number of carbonyl (C=O) groups is 1. The SMILES string of the molecule is CCC(C)N(CCO)CCC(=O)O. The van der Waals surface area contributed by atoms with E-state index in [0.29, 0.717) is 19.1 Å². The first-order chi connectivity index (χ1) is 6.11. The van der Waals surface area contributed by atoms with Crippen molar-refractivity contribution in [1.82, 2.24) is 4.90 Å². The number of hydrogen-bond donors (Lipinski definition) is 2. The van der Waals surface area contributed by atoms with Crippen molar-refractivity contribution in [1.29, 1.82) is 0 Å². The fourth-order valence-electron chi connectivity index (χ4n) is 1.18. The molecule has 0 radical (unpaired) electrons. The molecule has 0 saturated heterocycles. The summed E-state index contributed by atoms with van der Waals surface area (Å²) in [6.07, 6.45) is 1.12. The summed E-state index contributed by atoms with van der Waals surface area (Å²) in [5.74, 6) is -0.786. The molecular weight excluding hydrogens is 170 g/mol. The summed E-state index contributed by atoms with van der Waals surface area (Å²) in [5, 5.41) is 17.3. The van der Waals surface area contributed by atoms with Crippen LogP contribution in [0, 0.1) is 0 Å². The largest absolute Gasteiger partial charge is 0.481 e. The van der Waals surface area contributed by atoms with Gasteiger partial charge in [-0.3, -0.25) is 9.69 Å². The van der Waals surface area contributed by atoms with Crippen LogP contribution in [0.3, 0.4) is 0 Å². The van der Waals surface area contributed by atoms with Gasteiger partial charge in [-0.15, -0.1) is 0 Å². The molecule has 0 amide bonds. The minimum Gasteiger partial charge on any atom is -0.481 e. The van der Waals surface area contributed by atoms with Crippen LogP contribution < -0.4 is 0 Å². The van der Waals surface area contributed by atoms with Crippen LogP contribution in [0.2, 0.25) is 0 Å². The number of carboxylic acid groups (broad SMARTS) is 1. The standard InChI is InChI=1S/C9H19NO3/c1-3-8(2)10(6-7-11)5-4-9(12)13/h8,11H,3-7H2,1-2H3,(H,12,13). The molecule has 78 valence electrons. The maximum absolute atomic E-state index is 10.3. The highest BCUT2D eigenvalue weighted by molar-refractivity contribution is 5.66. The second-order valence-corrected chi connectivity index (χ2v) is 3.16. The molecule has 1 atom stereocenters. The van der Waals surface area contributed by atoms with Gasteiger partial charge in [0.05, 0.1) is 13.0 Å². The minimum atomic E-state index is -0.786. The molecule has 0 fully saturated rings. The van der Waals surface area contributed by atoms with E-state index >= 15 is 0 Å². The van der Waals surface area contributed by atoms with Crippen LogP contribution in [0.25, 0.3) is 0 Å². The predicted octanol–water partition coefficient (Wildman–Crippen LogP) is 0.554. The van der Waals surface area contributed by atoms with Gasteiger partial charge in [-0.25, -0.2) is 0 Å². The summed E-state index contributed by atoms with van der Waals surface area (Å²) in [6.45, 7) is 5.25. The van der Waals surface area contributed by atoms with Crippen LogP contribution >= 0.6 is 0 Å². The van der Waals surface area contributed by atoms with Crippen molar-refractivity contribution < 1.29 is 15.0 Å². The Hall–Kier alpha value is -0.610. The summed E-state index contributed by atoms with van der Waals surface area (Å²) < 4.78 is 0. The summed E-state index contributed by atoms with van der Waals surface area (Å²) in [6, 6.07) is 0.339. The Kier molecular flexibility index (Phi) is 6.54. The van der Waals surface area contributed by atoms with Gasteiger partial charge in [0.2, 0.25) is 0 Å². The third kappa shape index (κ3) is 5.60. The Balaban J connectivity index is 3.86. The molecule has 4 heteroatoms. The highest BCUT2D eigenvalue weighted by atomic mass is 16.4. The number of carboxylic acids is 1. The average molecular weight is 189 g/mol. The van der Waals surface area contributed by atoms with Crippen molar-refractivity contribution >= 4 is 5.97 Å². The molecule has 0 spiro atoms. The molecule has 0 saturated carbocycles. The highest BCUT2D eigenvalue weighted by Crippen LogP contribution is 2.03. The zero-order valence-corrected chi connectivity index (χ0v) is 8.36. The van der Waals surface area contributed by atoms with E-state index in [1.54, 1.807) is 0 Å². The van der Waals surface area contributed by atoms with Crippen molar-refractivity contribution in [3.8, 4) is 0 Å². The first kappa shape index (κ1) is 12.4. The van der Waals surface area contributed by atoms with Gasteiger partial charge in [0.15, 0.2) is 0 Å². The minimum absolute atomic E-state index is 0.0873. The van der Waals surface area contributed by atoms with Crippen molar-refractivity contribution in [3.05, 3.63) is 0 Å². The van der Waals surface area contributed by atoms with Gasteiger partial charge in [-0.2, -0.15) is 0 Å². The van der Waals surface area contributed by atoms with Crippen LogP contribution in [-0.4, -0.2) is 46.8 Å². The van der Waals surface area contributed by atoms with E-state index in [1.165, 1.54) is 0 Å².